The molecule has 25 heavy (non-hydrogen) atoms. The van der Waals surface area contributed by atoms with E-state index in [2.05, 4.69) is 0 Å². The van der Waals surface area contributed by atoms with E-state index in [1.807, 2.05) is 0 Å². The summed E-state index contributed by atoms with van der Waals surface area (Å²) in [4.78, 5) is 23.2. The summed E-state index contributed by atoms with van der Waals surface area (Å²) in [5.74, 6) is -3.50. The molecule has 136 valence electrons. The summed E-state index contributed by atoms with van der Waals surface area (Å²) < 4.78 is 0. The van der Waals surface area contributed by atoms with Gasteiger partial charge in [-0.2, -0.15) is 0 Å². The number of carboxylic acid groups (broad SMARTS) is 1. The summed E-state index contributed by atoms with van der Waals surface area (Å²) in [6.07, 6.45) is -1.29. The van der Waals surface area contributed by atoms with Crippen LogP contribution in [0.4, 0.5) is 0 Å². The van der Waals surface area contributed by atoms with Gasteiger partial charge in [-0.05, 0) is 36.1 Å². The van der Waals surface area contributed by atoms with Crippen molar-refractivity contribution < 1.29 is 40.2 Å². The van der Waals surface area contributed by atoms with E-state index in [4.69, 9.17) is 5.11 Å². The fourth-order valence-corrected chi connectivity index (χ4v) is 2.95. The molecule has 0 unspecified atom stereocenters. The van der Waals surface area contributed by atoms with Crippen LogP contribution in [0.15, 0.2) is 24.3 Å². The van der Waals surface area contributed by atoms with Crippen molar-refractivity contribution in [3.8, 4) is 11.5 Å². The van der Waals surface area contributed by atoms with Gasteiger partial charge in [-0.1, -0.05) is 12.1 Å². The number of hydrogen-bond acceptors (Lipinski definition) is 7. The average Bonchev–Trinajstić information content (AvgIpc) is 2.53. The Morgan fingerprint density at radius 2 is 1.84 bits per heavy atom. The van der Waals surface area contributed by atoms with Crippen LogP contribution in [0.25, 0.3) is 6.08 Å². The molecule has 1 aliphatic carbocycles. The quantitative estimate of drug-likeness (QED) is 0.320. The van der Waals surface area contributed by atoms with Crippen molar-refractivity contribution in [3.63, 3.8) is 0 Å². The highest BCUT2D eigenvalue weighted by atomic mass is 16.4. The Kier molecular flexibility index (Phi) is 5.46. The molecule has 8 heteroatoms. The average molecular weight is 352 g/mol. The molecule has 6 N–H and O–H groups in total. The number of carbonyl (C=O) groups is 2. The van der Waals surface area contributed by atoms with E-state index in [1.54, 1.807) is 0 Å². The van der Waals surface area contributed by atoms with Gasteiger partial charge in [-0.3, -0.25) is 4.79 Å². The van der Waals surface area contributed by atoms with Crippen LogP contribution in [0.1, 0.15) is 24.8 Å². The van der Waals surface area contributed by atoms with E-state index in [-0.39, 0.29) is 24.3 Å². The van der Waals surface area contributed by atoms with Gasteiger partial charge in [0.05, 0.1) is 12.2 Å². The molecule has 0 radical (unpaired) electrons. The summed E-state index contributed by atoms with van der Waals surface area (Å²) in [6, 6.07) is 3.98. The van der Waals surface area contributed by atoms with Crippen LogP contribution in [0, 0.1) is 5.92 Å². The summed E-state index contributed by atoms with van der Waals surface area (Å²) in [7, 11) is 0. The zero-order chi connectivity index (χ0) is 18.8. The molecule has 0 saturated heterocycles. The summed E-state index contributed by atoms with van der Waals surface area (Å²) in [5.41, 5.74) is -1.73. The van der Waals surface area contributed by atoms with Gasteiger partial charge >= 0.3 is 5.97 Å². The van der Waals surface area contributed by atoms with Gasteiger partial charge in [-0.15, -0.1) is 0 Å². The Hall–Kier alpha value is -2.42. The molecule has 0 bridgehead atoms. The smallest absolute Gasteiger partial charge is 0.335 e. The van der Waals surface area contributed by atoms with Crippen molar-refractivity contribution in [2.75, 3.05) is 0 Å². The number of phenols is 2. The molecule has 1 fully saturated rings. The number of rotatable bonds is 5. The summed E-state index contributed by atoms with van der Waals surface area (Å²) in [6.45, 7) is 0. The molecule has 1 aliphatic rings. The lowest BCUT2D eigenvalue weighted by Crippen LogP contribution is -2.54. The first kappa shape index (κ1) is 18.9. The molecule has 0 amide bonds. The number of aliphatic carboxylic acids is 1. The monoisotopic (exact) mass is 352 g/mol. The third kappa shape index (κ3) is 4.36. The van der Waals surface area contributed by atoms with Crippen molar-refractivity contribution >= 4 is 17.8 Å². The Labute approximate surface area is 143 Å². The lowest BCUT2D eigenvalue weighted by Gasteiger charge is -2.39. The van der Waals surface area contributed by atoms with Crippen LogP contribution in [0.5, 0.6) is 11.5 Å². The first-order valence-corrected chi connectivity index (χ1v) is 7.67. The SMILES string of the molecule is O=C(/C=C/c1ccc(O)c(O)c1)C[C@@H]1C[C@](O)(C(=O)O)C[C@@H](O)[C@H]1O. The van der Waals surface area contributed by atoms with Gasteiger partial charge in [0.2, 0.25) is 0 Å². The standard InChI is InChI=1S/C17H20O8/c18-11(3-1-9-2-4-12(19)13(20)5-9)6-10-7-17(25,16(23)24)8-14(21)15(10)22/h1-5,10,14-15,19-22,25H,6-8H2,(H,23,24)/b3-1+/t10-,14-,15+,17-/m1/s1. The number of benzene rings is 1. The van der Waals surface area contributed by atoms with Crippen LogP contribution in [0.2, 0.25) is 0 Å². The lowest BCUT2D eigenvalue weighted by molar-refractivity contribution is -0.179. The largest absolute Gasteiger partial charge is 0.504 e. The van der Waals surface area contributed by atoms with Crippen LogP contribution < -0.4 is 0 Å². The maximum atomic E-state index is 12.0. The van der Waals surface area contributed by atoms with E-state index in [9.17, 15) is 35.1 Å². The van der Waals surface area contributed by atoms with Gasteiger partial charge in [0.25, 0.3) is 0 Å². The van der Waals surface area contributed by atoms with E-state index in [0.29, 0.717) is 5.56 Å². The van der Waals surface area contributed by atoms with E-state index in [1.165, 1.54) is 30.4 Å². The van der Waals surface area contributed by atoms with Gasteiger partial charge < -0.3 is 30.6 Å². The normalized spacial score (nSPS) is 29.6. The number of aliphatic hydroxyl groups excluding tert-OH is 2. The molecular formula is C17H20O8. The Balaban J connectivity index is 2.06. The number of allylic oxidation sites excluding steroid dienone is 1. The van der Waals surface area contributed by atoms with E-state index in [0.717, 1.165) is 0 Å². The fourth-order valence-electron chi connectivity index (χ4n) is 2.95. The molecule has 0 aliphatic heterocycles. The minimum atomic E-state index is -2.18. The number of phenolic OH excluding ortho intramolecular Hbond substituents is 2. The Morgan fingerprint density at radius 3 is 2.44 bits per heavy atom. The molecule has 0 spiro atoms. The minimum Gasteiger partial charge on any atom is -0.504 e. The van der Waals surface area contributed by atoms with Crippen LogP contribution in [-0.2, 0) is 9.59 Å². The molecular weight excluding hydrogens is 332 g/mol. The maximum Gasteiger partial charge on any atom is 0.335 e. The highest BCUT2D eigenvalue weighted by molar-refractivity contribution is 5.94. The number of carbonyl (C=O) groups excluding carboxylic acids is 1. The second kappa shape index (κ2) is 7.22. The Morgan fingerprint density at radius 1 is 1.16 bits per heavy atom. The van der Waals surface area contributed by atoms with Crippen molar-refractivity contribution in [2.45, 2.75) is 37.1 Å². The topological polar surface area (TPSA) is 156 Å². The molecule has 1 aromatic rings. The molecule has 1 saturated carbocycles. The predicted octanol–water partition coefficient (Wildman–Crippen LogP) is 0.0177. The lowest BCUT2D eigenvalue weighted by atomic mass is 9.73. The Bertz CT molecular complexity index is 698. The first-order valence-electron chi connectivity index (χ1n) is 7.67. The molecule has 0 aromatic heterocycles. The van der Waals surface area contributed by atoms with Crippen molar-refractivity contribution in [1.82, 2.24) is 0 Å². The number of aliphatic hydroxyl groups is 3. The fraction of sp³-hybridized carbons (Fsp3) is 0.412. The highest BCUT2D eigenvalue weighted by Crippen LogP contribution is 2.35. The van der Waals surface area contributed by atoms with Gasteiger partial charge in [0, 0.05) is 12.8 Å². The molecule has 0 heterocycles. The predicted molar refractivity (Wildman–Crippen MR) is 85.8 cm³/mol. The third-order valence-corrected chi connectivity index (χ3v) is 4.35. The number of ketones is 1. The molecule has 8 nitrogen and oxygen atoms in total. The zero-order valence-corrected chi connectivity index (χ0v) is 13.2. The minimum absolute atomic E-state index is 0.256. The van der Waals surface area contributed by atoms with Gasteiger partial charge in [0.1, 0.15) is 0 Å². The zero-order valence-electron chi connectivity index (χ0n) is 13.2. The second-order valence-electron chi connectivity index (χ2n) is 6.31. The van der Waals surface area contributed by atoms with Crippen LogP contribution >= 0.6 is 0 Å². The maximum absolute atomic E-state index is 12.0. The van der Waals surface area contributed by atoms with E-state index >= 15 is 0 Å². The molecule has 1 aromatic carbocycles. The second-order valence-corrected chi connectivity index (χ2v) is 6.31. The highest BCUT2D eigenvalue weighted by Gasteiger charge is 2.49. The molecule has 2 rings (SSSR count). The van der Waals surface area contributed by atoms with Crippen LogP contribution in [-0.4, -0.2) is 60.2 Å². The van der Waals surface area contributed by atoms with Gasteiger partial charge in [-0.25, -0.2) is 4.79 Å². The third-order valence-electron chi connectivity index (χ3n) is 4.35. The van der Waals surface area contributed by atoms with Crippen LogP contribution in [0.3, 0.4) is 0 Å². The summed E-state index contributed by atoms with van der Waals surface area (Å²) in [5, 5.41) is 57.4. The van der Waals surface area contributed by atoms with Crippen molar-refractivity contribution in [1.29, 1.82) is 0 Å². The van der Waals surface area contributed by atoms with Gasteiger partial charge in [0.15, 0.2) is 22.9 Å². The van der Waals surface area contributed by atoms with E-state index < -0.39 is 41.9 Å². The number of aromatic hydroxyl groups is 2. The summed E-state index contributed by atoms with van der Waals surface area (Å²) >= 11 is 0. The van der Waals surface area contributed by atoms with Crippen molar-refractivity contribution in [2.24, 2.45) is 5.92 Å². The molecule has 4 atom stereocenters. The first-order chi connectivity index (χ1) is 11.6. The number of carboxylic acids is 1. The number of hydrogen-bond donors (Lipinski definition) is 6. The van der Waals surface area contributed by atoms with Crippen molar-refractivity contribution in [3.05, 3.63) is 29.8 Å².